The first kappa shape index (κ1) is 14.3. The van der Waals surface area contributed by atoms with E-state index in [4.69, 9.17) is 10.5 Å². The van der Waals surface area contributed by atoms with Crippen LogP contribution in [0.1, 0.15) is 20.8 Å². The molecule has 21 heavy (non-hydrogen) atoms. The number of ether oxygens (including phenoxy) is 1. The molecule has 1 aliphatic rings. The fourth-order valence-electron chi connectivity index (χ4n) is 2.91. The van der Waals surface area contributed by atoms with Gasteiger partial charge in [0, 0.05) is 25.5 Å². The third-order valence-electron chi connectivity index (χ3n) is 3.53. The number of hydrogen-bond acceptors (Lipinski definition) is 6. The van der Waals surface area contributed by atoms with Gasteiger partial charge in [-0.3, -0.25) is 4.98 Å². The standard InChI is InChI=1S/C15H20N4OS/c1-10-8-19(9-15(2,3)20-10)14-12(13(16)18-21-14)11-4-6-17-7-5-11/h4-7,10H,8-9H2,1-3H3,(H2,16,18). The second-order valence-corrected chi connectivity index (χ2v) is 6.80. The van der Waals surface area contributed by atoms with Crippen LogP contribution in [0.25, 0.3) is 11.1 Å². The number of nitrogens with zero attached hydrogens (tertiary/aromatic N) is 3. The molecule has 3 rings (SSSR count). The van der Waals surface area contributed by atoms with Gasteiger partial charge in [-0.25, -0.2) is 0 Å². The van der Waals surface area contributed by atoms with Gasteiger partial charge < -0.3 is 15.4 Å². The highest BCUT2D eigenvalue weighted by molar-refractivity contribution is 7.11. The van der Waals surface area contributed by atoms with Crippen molar-refractivity contribution in [2.75, 3.05) is 23.7 Å². The Labute approximate surface area is 128 Å². The van der Waals surface area contributed by atoms with E-state index in [0.717, 1.165) is 29.2 Å². The van der Waals surface area contributed by atoms with Crippen LogP contribution in [0.3, 0.4) is 0 Å². The number of pyridine rings is 1. The number of anilines is 2. The molecule has 0 bridgehead atoms. The third kappa shape index (κ3) is 2.87. The summed E-state index contributed by atoms with van der Waals surface area (Å²) in [6, 6.07) is 3.94. The molecule has 3 heterocycles. The van der Waals surface area contributed by atoms with E-state index in [0.29, 0.717) is 5.82 Å². The van der Waals surface area contributed by atoms with Gasteiger partial charge >= 0.3 is 0 Å². The molecule has 1 saturated heterocycles. The van der Waals surface area contributed by atoms with E-state index in [9.17, 15) is 0 Å². The summed E-state index contributed by atoms with van der Waals surface area (Å²) in [7, 11) is 0. The number of hydrogen-bond donors (Lipinski definition) is 1. The monoisotopic (exact) mass is 304 g/mol. The summed E-state index contributed by atoms with van der Waals surface area (Å²) >= 11 is 1.46. The zero-order valence-electron chi connectivity index (χ0n) is 12.5. The summed E-state index contributed by atoms with van der Waals surface area (Å²) in [6.07, 6.45) is 3.74. The van der Waals surface area contributed by atoms with Gasteiger partial charge in [-0.05, 0) is 50.0 Å². The third-order valence-corrected chi connectivity index (χ3v) is 4.45. The van der Waals surface area contributed by atoms with Crippen molar-refractivity contribution in [3.8, 4) is 11.1 Å². The molecule has 5 nitrogen and oxygen atoms in total. The summed E-state index contributed by atoms with van der Waals surface area (Å²) in [5.74, 6) is 0.582. The fourth-order valence-corrected chi connectivity index (χ4v) is 3.75. The Hall–Kier alpha value is -1.66. The summed E-state index contributed by atoms with van der Waals surface area (Å²) in [6.45, 7) is 8.02. The zero-order valence-corrected chi connectivity index (χ0v) is 13.4. The van der Waals surface area contributed by atoms with E-state index in [-0.39, 0.29) is 11.7 Å². The van der Waals surface area contributed by atoms with Gasteiger partial charge in [-0.15, -0.1) is 0 Å². The van der Waals surface area contributed by atoms with Crippen LogP contribution >= 0.6 is 11.5 Å². The molecule has 1 fully saturated rings. The van der Waals surface area contributed by atoms with E-state index in [1.165, 1.54) is 11.5 Å². The maximum Gasteiger partial charge on any atom is 0.147 e. The molecule has 0 aliphatic carbocycles. The van der Waals surface area contributed by atoms with Gasteiger partial charge in [-0.1, -0.05) is 0 Å². The van der Waals surface area contributed by atoms with E-state index in [1.807, 2.05) is 12.1 Å². The SMILES string of the molecule is CC1CN(c2snc(N)c2-c2ccncc2)CC(C)(C)O1. The Morgan fingerprint density at radius 3 is 2.76 bits per heavy atom. The zero-order chi connectivity index (χ0) is 15.0. The molecular formula is C15H20N4OS. The highest BCUT2D eigenvalue weighted by atomic mass is 32.1. The van der Waals surface area contributed by atoms with Gasteiger partial charge in [0.25, 0.3) is 0 Å². The summed E-state index contributed by atoms with van der Waals surface area (Å²) in [4.78, 5) is 6.40. The van der Waals surface area contributed by atoms with Crippen molar-refractivity contribution >= 4 is 22.4 Å². The van der Waals surface area contributed by atoms with Crippen LogP contribution in [-0.4, -0.2) is 34.2 Å². The first-order chi connectivity index (χ1) is 9.96. The maximum absolute atomic E-state index is 6.10. The Bertz CT molecular complexity index is 626. The molecule has 1 atom stereocenters. The van der Waals surface area contributed by atoms with E-state index < -0.39 is 0 Å². The van der Waals surface area contributed by atoms with E-state index >= 15 is 0 Å². The van der Waals surface area contributed by atoms with Crippen LogP contribution < -0.4 is 10.6 Å². The Morgan fingerprint density at radius 1 is 1.38 bits per heavy atom. The highest BCUT2D eigenvalue weighted by Gasteiger charge is 2.33. The molecule has 1 unspecified atom stereocenters. The largest absolute Gasteiger partial charge is 0.382 e. The van der Waals surface area contributed by atoms with Crippen LogP contribution in [0, 0.1) is 0 Å². The quantitative estimate of drug-likeness (QED) is 0.924. The van der Waals surface area contributed by atoms with E-state index in [2.05, 4.69) is 35.0 Å². The molecule has 0 aromatic carbocycles. The van der Waals surface area contributed by atoms with Crippen molar-refractivity contribution < 1.29 is 4.74 Å². The first-order valence-electron chi connectivity index (χ1n) is 7.04. The molecule has 1 aliphatic heterocycles. The molecule has 0 spiro atoms. The summed E-state index contributed by atoms with van der Waals surface area (Å²) in [5.41, 5.74) is 7.99. The van der Waals surface area contributed by atoms with Crippen molar-refractivity contribution in [2.45, 2.75) is 32.5 Å². The molecule has 0 saturated carbocycles. The lowest BCUT2D eigenvalue weighted by Crippen LogP contribution is -2.51. The number of nitrogen functional groups attached to an aromatic ring is 1. The molecule has 0 amide bonds. The molecule has 2 N–H and O–H groups in total. The minimum atomic E-state index is -0.175. The number of aromatic nitrogens is 2. The minimum absolute atomic E-state index is 0.175. The van der Waals surface area contributed by atoms with Gasteiger partial charge in [0.2, 0.25) is 0 Å². The topological polar surface area (TPSA) is 64.3 Å². The lowest BCUT2D eigenvalue weighted by atomic mass is 10.0. The number of rotatable bonds is 2. The van der Waals surface area contributed by atoms with Crippen molar-refractivity contribution in [3.05, 3.63) is 24.5 Å². The number of nitrogens with two attached hydrogens (primary N) is 1. The minimum Gasteiger partial charge on any atom is -0.382 e. The second-order valence-electron chi connectivity index (χ2n) is 6.05. The van der Waals surface area contributed by atoms with Crippen molar-refractivity contribution in [1.29, 1.82) is 0 Å². The summed E-state index contributed by atoms with van der Waals surface area (Å²) < 4.78 is 10.3. The van der Waals surface area contributed by atoms with Crippen molar-refractivity contribution in [3.63, 3.8) is 0 Å². The molecule has 0 radical (unpaired) electrons. The average molecular weight is 304 g/mol. The fraction of sp³-hybridized carbons (Fsp3) is 0.467. The van der Waals surface area contributed by atoms with Crippen LogP contribution in [-0.2, 0) is 4.74 Å². The molecule has 6 heteroatoms. The number of morpholine rings is 1. The maximum atomic E-state index is 6.10. The predicted octanol–water partition coefficient (Wildman–Crippen LogP) is 2.79. The normalized spacial score (nSPS) is 21.5. The smallest absolute Gasteiger partial charge is 0.147 e. The lowest BCUT2D eigenvalue weighted by Gasteiger charge is -2.42. The van der Waals surface area contributed by atoms with Crippen LogP contribution in [0.4, 0.5) is 10.8 Å². The van der Waals surface area contributed by atoms with E-state index in [1.54, 1.807) is 12.4 Å². The Kier molecular flexibility index (Phi) is 3.59. The lowest BCUT2D eigenvalue weighted by molar-refractivity contribution is -0.0747. The molecular weight excluding hydrogens is 284 g/mol. The van der Waals surface area contributed by atoms with Gasteiger partial charge in [-0.2, -0.15) is 4.37 Å². The Morgan fingerprint density at radius 2 is 2.10 bits per heavy atom. The molecule has 2 aromatic rings. The second kappa shape index (κ2) is 5.27. The average Bonchev–Trinajstić information content (AvgIpc) is 2.79. The molecule has 112 valence electrons. The highest BCUT2D eigenvalue weighted by Crippen LogP contribution is 2.40. The first-order valence-corrected chi connectivity index (χ1v) is 7.82. The van der Waals surface area contributed by atoms with Crippen molar-refractivity contribution in [2.24, 2.45) is 0 Å². The van der Waals surface area contributed by atoms with Crippen LogP contribution in [0.2, 0.25) is 0 Å². The Balaban J connectivity index is 2.00. The van der Waals surface area contributed by atoms with Gasteiger partial charge in [0.15, 0.2) is 0 Å². The van der Waals surface area contributed by atoms with Gasteiger partial charge in [0.1, 0.15) is 10.8 Å². The van der Waals surface area contributed by atoms with Crippen LogP contribution in [0.5, 0.6) is 0 Å². The van der Waals surface area contributed by atoms with Crippen LogP contribution in [0.15, 0.2) is 24.5 Å². The summed E-state index contributed by atoms with van der Waals surface area (Å²) in [5, 5.41) is 1.11. The van der Waals surface area contributed by atoms with Crippen molar-refractivity contribution in [1.82, 2.24) is 9.36 Å². The predicted molar refractivity (Wildman–Crippen MR) is 86.6 cm³/mol. The molecule has 2 aromatic heterocycles. The van der Waals surface area contributed by atoms with Gasteiger partial charge in [0.05, 0.1) is 17.3 Å².